The second kappa shape index (κ2) is 5.39. The van der Waals surface area contributed by atoms with Gasteiger partial charge in [-0.3, -0.25) is 0 Å². The zero-order valence-electron chi connectivity index (χ0n) is 12.9. The third-order valence-corrected chi connectivity index (χ3v) is 6.47. The molecule has 0 saturated carbocycles. The molecule has 1 aromatic rings. The van der Waals surface area contributed by atoms with E-state index in [1.165, 1.54) is 10.8 Å². The van der Waals surface area contributed by atoms with E-state index in [9.17, 15) is 0 Å². The molecular weight excluding hydrogens is 250 g/mol. The summed E-state index contributed by atoms with van der Waals surface area (Å²) in [5, 5.41) is 5.20. The zero-order chi connectivity index (χ0) is 14.1. The van der Waals surface area contributed by atoms with Crippen LogP contribution in [0.25, 0.3) is 0 Å². The summed E-state index contributed by atoms with van der Waals surface area (Å²) in [6, 6.07) is 9.15. The molecule has 0 aromatic heterocycles. The lowest BCUT2D eigenvalue weighted by Gasteiger charge is -2.29. The standard InChI is InChI=1S/C16H27NOSi/c1-13-16(2,10-11-18-13)17-12-14-6-8-15(9-7-14)19(3,4)5/h6-9,13,17H,10-12H2,1-5H3. The predicted molar refractivity (Wildman–Crippen MR) is 84.7 cm³/mol. The van der Waals surface area contributed by atoms with Crippen molar-refractivity contribution in [2.45, 2.75) is 58.1 Å². The van der Waals surface area contributed by atoms with Crippen LogP contribution < -0.4 is 10.5 Å². The summed E-state index contributed by atoms with van der Waals surface area (Å²) in [6.45, 7) is 13.4. The SMILES string of the molecule is CC1OCCC1(C)NCc1ccc([Si](C)(C)C)cc1. The Morgan fingerprint density at radius 1 is 1.26 bits per heavy atom. The van der Waals surface area contributed by atoms with E-state index in [-0.39, 0.29) is 5.54 Å². The molecule has 2 nitrogen and oxygen atoms in total. The fraction of sp³-hybridized carbons (Fsp3) is 0.625. The molecule has 1 aromatic carbocycles. The van der Waals surface area contributed by atoms with Crippen molar-refractivity contribution < 1.29 is 4.74 Å². The van der Waals surface area contributed by atoms with Gasteiger partial charge in [0.25, 0.3) is 0 Å². The first-order valence-corrected chi connectivity index (χ1v) is 10.8. The van der Waals surface area contributed by atoms with Crippen LogP contribution in [-0.4, -0.2) is 26.3 Å². The highest BCUT2D eigenvalue weighted by molar-refractivity contribution is 6.88. The van der Waals surface area contributed by atoms with Crippen LogP contribution in [0, 0.1) is 0 Å². The van der Waals surface area contributed by atoms with Crippen molar-refractivity contribution >= 4 is 13.3 Å². The second-order valence-electron chi connectivity index (χ2n) is 6.98. The Hall–Kier alpha value is -0.643. The average Bonchev–Trinajstić information content (AvgIpc) is 2.67. The molecule has 2 rings (SSSR count). The Morgan fingerprint density at radius 3 is 2.37 bits per heavy atom. The third kappa shape index (κ3) is 3.47. The maximum Gasteiger partial charge on any atom is 0.0775 e. The van der Waals surface area contributed by atoms with Crippen molar-refractivity contribution in [2.75, 3.05) is 6.61 Å². The number of rotatable bonds is 4. The first-order chi connectivity index (χ1) is 8.81. The Balaban J connectivity index is 1.97. The van der Waals surface area contributed by atoms with E-state index in [4.69, 9.17) is 4.74 Å². The molecule has 0 aliphatic carbocycles. The smallest absolute Gasteiger partial charge is 0.0775 e. The molecule has 2 unspecified atom stereocenters. The van der Waals surface area contributed by atoms with Gasteiger partial charge in [-0.2, -0.15) is 0 Å². The number of hydrogen-bond donors (Lipinski definition) is 1. The van der Waals surface area contributed by atoms with Gasteiger partial charge in [-0.1, -0.05) is 49.1 Å². The summed E-state index contributed by atoms with van der Waals surface area (Å²) in [4.78, 5) is 0. The Morgan fingerprint density at radius 2 is 1.89 bits per heavy atom. The highest BCUT2D eigenvalue weighted by Crippen LogP contribution is 2.25. The number of hydrogen-bond acceptors (Lipinski definition) is 2. The molecule has 0 amide bonds. The number of nitrogens with one attached hydrogen (secondary N) is 1. The largest absolute Gasteiger partial charge is 0.377 e. The third-order valence-electron chi connectivity index (χ3n) is 4.40. The van der Waals surface area contributed by atoms with Gasteiger partial charge < -0.3 is 10.1 Å². The molecular formula is C16H27NOSi. The van der Waals surface area contributed by atoms with Crippen LogP contribution in [0.3, 0.4) is 0 Å². The molecule has 0 spiro atoms. The van der Waals surface area contributed by atoms with Crippen LogP contribution in [0.4, 0.5) is 0 Å². The normalized spacial score (nSPS) is 27.7. The minimum Gasteiger partial charge on any atom is -0.377 e. The van der Waals surface area contributed by atoms with Crippen molar-refractivity contribution in [3.05, 3.63) is 29.8 Å². The highest BCUT2D eigenvalue weighted by atomic mass is 28.3. The average molecular weight is 277 g/mol. The Labute approximate surface area is 118 Å². The van der Waals surface area contributed by atoms with Crippen LogP contribution >= 0.6 is 0 Å². The minimum atomic E-state index is -1.17. The molecule has 1 heterocycles. The van der Waals surface area contributed by atoms with E-state index >= 15 is 0 Å². The molecule has 2 atom stereocenters. The lowest BCUT2D eigenvalue weighted by molar-refractivity contribution is 0.0881. The molecule has 1 saturated heterocycles. The van der Waals surface area contributed by atoms with Crippen molar-refractivity contribution in [2.24, 2.45) is 0 Å². The van der Waals surface area contributed by atoms with Crippen LogP contribution in [0.1, 0.15) is 25.8 Å². The van der Waals surface area contributed by atoms with Gasteiger partial charge in [-0.15, -0.1) is 0 Å². The van der Waals surface area contributed by atoms with Crippen molar-refractivity contribution in [3.8, 4) is 0 Å². The van der Waals surface area contributed by atoms with Crippen molar-refractivity contribution in [1.82, 2.24) is 5.32 Å². The molecule has 106 valence electrons. The van der Waals surface area contributed by atoms with Crippen LogP contribution in [-0.2, 0) is 11.3 Å². The topological polar surface area (TPSA) is 21.3 Å². The second-order valence-corrected chi connectivity index (χ2v) is 12.1. The lowest BCUT2D eigenvalue weighted by Crippen LogP contribution is -2.47. The van der Waals surface area contributed by atoms with Gasteiger partial charge in [0.2, 0.25) is 0 Å². The molecule has 1 aliphatic heterocycles. The van der Waals surface area contributed by atoms with E-state index in [0.717, 1.165) is 19.6 Å². The van der Waals surface area contributed by atoms with E-state index in [2.05, 4.69) is 63.1 Å². The highest BCUT2D eigenvalue weighted by Gasteiger charge is 2.36. The molecule has 1 aliphatic rings. The first kappa shape index (κ1) is 14.8. The maximum absolute atomic E-state index is 5.66. The summed E-state index contributed by atoms with van der Waals surface area (Å²) in [7, 11) is -1.17. The molecule has 1 N–H and O–H groups in total. The first-order valence-electron chi connectivity index (χ1n) is 7.27. The van der Waals surface area contributed by atoms with Gasteiger partial charge in [0.05, 0.1) is 14.2 Å². The fourth-order valence-electron chi connectivity index (χ4n) is 2.49. The summed E-state index contributed by atoms with van der Waals surface area (Å²) in [6.07, 6.45) is 1.40. The quantitative estimate of drug-likeness (QED) is 0.855. The van der Waals surface area contributed by atoms with Gasteiger partial charge in [0.1, 0.15) is 0 Å². The van der Waals surface area contributed by atoms with Crippen molar-refractivity contribution in [1.29, 1.82) is 0 Å². The summed E-state index contributed by atoms with van der Waals surface area (Å²) in [5.41, 5.74) is 1.49. The van der Waals surface area contributed by atoms with Gasteiger partial charge in [-0.25, -0.2) is 0 Å². The zero-order valence-corrected chi connectivity index (χ0v) is 13.9. The van der Waals surface area contributed by atoms with Gasteiger partial charge in [-0.05, 0) is 25.8 Å². The predicted octanol–water partition coefficient (Wildman–Crippen LogP) is 2.89. The van der Waals surface area contributed by atoms with Gasteiger partial charge in [0, 0.05) is 18.7 Å². The van der Waals surface area contributed by atoms with Gasteiger partial charge >= 0.3 is 0 Å². The van der Waals surface area contributed by atoms with Crippen LogP contribution in [0.15, 0.2) is 24.3 Å². The monoisotopic (exact) mass is 277 g/mol. The summed E-state index contributed by atoms with van der Waals surface area (Å²) >= 11 is 0. The summed E-state index contributed by atoms with van der Waals surface area (Å²) < 4.78 is 5.66. The van der Waals surface area contributed by atoms with Crippen molar-refractivity contribution in [3.63, 3.8) is 0 Å². The Kier molecular flexibility index (Phi) is 4.19. The maximum atomic E-state index is 5.66. The molecule has 3 heteroatoms. The molecule has 0 radical (unpaired) electrons. The molecule has 19 heavy (non-hydrogen) atoms. The Bertz CT molecular complexity index is 423. The lowest BCUT2D eigenvalue weighted by atomic mass is 9.94. The minimum absolute atomic E-state index is 0.122. The fourth-order valence-corrected chi connectivity index (χ4v) is 3.66. The summed E-state index contributed by atoms with van der Waals surface area (Å²) in [5.74, 6) is 0. The van der Waals surface area contributed by atoms with E-state index < -0.39 is 8.07 Å². The van der Waals surface area contributed by atoms with Crippen LogP contribution in [0.2, 0.25) is 19.6 Å². The van der Waals surface area contributed by atoms with Crippen LogP contribution in [0.5, 0.6) is 0 Å². The van der Waals surface area contributed by atoms with E-state index in [0.29, 0.717) is 6.10 Å². The molecule has 1 fully saturated rings. The van der Waals surface area contributed by atoms with E-state index in [1.807, 2.05) is 0 Å². The number of ether oxygens (including phenoxy) is 1. The van der Waals surface area contributed by atoms with E-state index in [1.54, 1.807) is 0 Å². The number of benzene rings is 1. The molecule has 0 bridgehead atoms. The van der Waals surface area contributed by atoms with Gasteiger partial charge in [0.15, 0.2) is 0 Å².